The molecule has 3 aromatic heterocycles. The summed E-state index contributed by atoms with van der Waals surface area (Å²) in [5.74, 6) is -0.417. The molecule has 0 spiro atoms. The Morgan fingerprint density at radius 1 is 1.28 bits per heavy atom. The summed E-state index contributed by atoms with van der Waals surface area (Å²) in [5.41, 5.74) is 4.49. The second-order valence-electron chi connectivity index (χ2n) is 8.90. The van der Waals surface area contributed by atoms with Crippen LogP contribution < -0.4 is 0 Å². The molecule has 4 unspecified atom stereocenters. The zero-order chi connectivity index (χ0) is 22.6. The number of hydrogen-bond donors (Lipinski definition) is 0. The van der Waals surface area contributed by atoms with Crippen LogP contribution in [0.25, 0.3) is 0 Å². The third-order valence-corrected chi connectivity index (χ3v) is 7.96. The van der Waals surface area contributed by atoms with Crippen molar-refractivity contribution in [3.8, 4) is 0 Å². The number of aromatic nitrogens is 3. The number of thiophene rings is 1. The van der Waals surface area contributed by atoms with E-state index in [9.17, 15) is 13.6 Å². The van der Waals surface area contributed by atoms with Gasteiger partial charge in [-0.2, -0.15) is 5.10 Å². The second kappa shape index (κ2) is 8.10. The molecule has 6 nitrogen and oxygen atoms in total. The van der Waals surface area contributed by atoms with Crippen LogP contribution >= 0.6 is 11.3 Å². The zero-order valence-electron chi connectivity index (χ0n) is 18.3. The number of rotatable bonds is 3. The monoisotopic (exact) mass is 460 g/mol. The summed E-state index contributed by atoms with van der Waals surface area (Å²) >= 11 is 1.71. The van der Waals surface area contributed by atoms with E-state index in [1.807, 2.05) is 25.6 Å². The normalized spacial score (nSPS) is 25.7. The Morgan fingerprint density at radius 2 is 2.09 bits per heavy atom. The molecule has 0 N–H and O–H groups in total. The van der Waals surface area contributed by atoms with Crippen LogP contribution in [0.1, 0.15) is 74.7 Å². The molecule has 0 aromatic carbocycles. The molecule has 1 aliphatic carbocycles. The van der Waals surface area contributed by atoms with Gasteiger partial charge in [-0.05, 0) is 43.7 Å². The van der Waals surface area contributed by atoms with Gasteiger partial charge in [0, 0.05) is 54.7 Å². The highest BCUT2D eigenvalue weighted by Gasteiger charge is 2.37. The number of carbonyl (C=O) groups is 1. The van der Waals surface area contributed by atoms with Gasteiger partial charge in [0.2, 0.25) is 0 Å². The van der Waals surface area contributed by atoms with Gasteiger partial charge in [-0.1, -0.05) is 5.16 Å². The summed E-state index contributed by atoms with van der Waals surface area (Å²) in [6, 6.07) is 3.60. The summed E-state index contributed by atoms with van der Waals surface area (Å²) in [5, 5.41) is 10.6. The molecule has 0 radical (unpaired) electrons. The molecule has 0 saturated heterocycles. The minimum atomic E-state index is -1.32. The summed E-state index contributed by atoms with van der Waals surface area (Å²) < 4.78 is 35.1. The van der Waals surface area contributed by atoms with Crippen molar-refractivity contribution in [1.29, 1.82) is 0 Å². The first kappa shape index (κ1) is 21.3. The van der Waals surface area contributed by atoms with E-state index in [4.69, 9.17) is 4.52 Å². The minimum Gasteiger partial charge on any atom is -0.360 e. The van der Waals surface area contributed by atoms with E-state index < -0.39 is 18.3 Å². The SMILES string of the molecule is Cc1nn(C)c(C)c1C1CN(C(=O)c2cc(C3CCC(F)CC3F)on2)Cc2ccsc21. The maximum atomic E-state index is 14.4. The van der Waals surface area contributed by atoms with E-state index in [0.29, 0.717) is 31.7 Å². The van der Waals surface area contributed by atoms with E-state index >= 15 is 0 Å². The first-order valence-electron chi connectivity index (χ1n) is 10.9. The first-order chi connectivity index (χ1) is 15.3. The molecule has 4 heterocycles. The van der Waals surface area contributed by atoms with Gasteiger partial charge in [0.15, 0.2) is 5.69 Å². The molecule has 4 atom stereocenters. The zero-order valence-corrected chi connectivity index (χ0v) is 19.2. The molecule has 9 heteroatoms. The second-order valence-corrected chi connectivity index (χ2v) is 9.85. The van der Waals surface area contributed by atoms with Gasteiger partial charge in [-0.15, -0.1) is 11.3 Å². The molecule has 1 aliphatic heterocycles. The third-order valence-electron chi connectivity index (χ3n) is 6.88. The van der Waals surface area contributed by atoms with Crippen molar-refractivity contribution < 1.29 is 18.1 Å². The van der Waals surface area contributed by atoms with Gasteiger partial charge in [0.1, 0.15) is 18.1 Å². The first-order valence-corrected chi connectivity index (χ1v) is 11.8. The molecule has 0 bridgehead atoms. The van der Waals surface area contributed by atoms with Crippen molar-refractivity contribution in [3.05, 3.63) is 56.4 Å². The quantitative estimate of drug-likeness (QED) is 0.562. The van der Waals surface area contributed by atoms with Crippen molar-refractivity contribution in [2.75, 3.05) is 6.54 Å². The van der Waals surface area contributed by atoms with Crippen LogP contribution in [0.15, 0.2) is 22.0 Å². The number of alkyl halides is 2. The summed E-state index contributed by atoms with van der Waals surface area (Å²) in [7, 11) is 1.93. The fourth-order valence-corrected chi connectivity index (χ4v) is 6.16. The van der Waals surface area contributed by atoms with E-state index in [0.717, 1.165) is 22.5 Å². The van der Waals surface area contributed by atoms with Crippen LogP contribution in [0.4, 0.5) is 8.78 Å². The minimum absolute atomic E-state index is 0.0397. The highest BCUT2D eigenvalue weighted by Crippen LogP contribution is 2.40. The number of amides is 1. The molecule has 1 amide bonds. The van der Waals surface area contributed by atoms with E-state index in [-0.39, 0.29) is 23.9 Å². The standard InChI is InChI=1S/C23H26F2N4O2S/c1-12-21(13(2)28(3)26-12)17-11-29(10-14-6-7-32-22(14)17)23(30)19-9-20(31-27-19)16-5-4-15(24)8-18(16)25/h6-7,9,15-18H,4-5,8,10-11H2,1-3H3. The predicted octanol–water partition coefficient (Wildman–Crippen LogP) is 4.82. The van der Waals surface area contributed by atoms with Crippen molar-refractivity contribution in [2.24, 2.45) is 7.05 Å². The van der Waals surface area contributed by atoms with Crippen molar-refractivity contribution >= 4 is 17.2 Å². The summed E-state index contributed by atoms with van der Waals surface area (Å²) in [6.07, 6.45) is -1.91. The molecule has 170 valence electrons. The average Bonchev–Trinajstić information content (AvgIpc) is 3.47. The number of fused-ring (bicyclic) bond motifs is 1. The van der Waals surface area contributed by atoms with Gasteiger partial charge in [-0.3, -0.25) is 9.48 Å². The van der Waals surface area contributed by atoms with Crippen molar-refractivity contribution in [2.45, 2.75) is 63.8 Å². The topological polar surface area (TPSA) is 64.2 Å². The number of nitrogens with zero attached hydrogens (tertiary/aromatic N) is 4. The number of carbonyl (C=O) groups excluding carboxylic acids is 1. The largest absolute Gasteiger partial charge is 0.360 e. The molecule has 3 aromatic rings. The fourth-order valence-electron chi connectivity index (χ4n) is 5.14. The third kappa shape index (κ3) is 3.56. The lowest BCUT2D eigenvalue weighted by molar-refractivity contribution is 0.0715. The molecular weight excluding hydrogens is 434 g/mol. The summed E-state index contributed by atoms with van der Waals surface area (Å²) in [4.78, 5) is 16.4. The van der Waals surface area contributed by atoms with Crippen LogP contribution in [0.5, 0.6) is 0 Å². The Kier molecular flexibility index (Phi) is 5.39. The highest BCUT2D eigenvalue weighted by molar-refractivity contribution is 7.10. The Bertz CT molecular complexity index is 1150. The number of halogens is 2. The molecule has 5 rings (SSSR count). The molecule has 1 saturated carbocycles. The van der Waals surface area contributed by atoms with Crippen molar-refractivity contribution in [1.82, 2.24) is 19.8 Å². The van der Waals surface area contributed by atoms with Crippen LogP contribution in [-0.2, 0) is 13.6 Å². The maximum absolute atomic E-state index is 14.4. The van der Waals surface area contributed by atoms with Gasteiger partial charge in [0.05, 0.1) is 11.6 Å². The van der Waals surface area contributed by atoms with Gasteiger partial charge in [-0.25, -0.2) is 8.78 Å². The lowest BCUT2D eigenvalue weighted by Gasteiger charge is -2.32. The fraction of sp³-hybridized carbons (Fsp3) is 0.522. The van der Waals surface area contributed by atoms with Gasteiger partial charge in [0.25, 0.3) is 5.91 Å². The Balaban J connectivity index is 1.41. The van der Waals surface area contributed by atoms with E-state index in [1.54, 1.807) is 16.2 Å². The van der Waals surface area contributed by atoms with Crippen molar-refractivity contribution in [3.63, 3.8) is 0 Å². The average molecular weight is 461 g/mol. The summed E-state index contributed by atoms with van der Waals surface area (Å²) in [6.45, 7) is 5.06. The maximum Gasteiger partial charge on any atom is 0.276 e. The molecule has 1 fully saturated rings. The van der Waals surface area contributed by atoms with E-state index in [2.05, 4.69) is 21.7 Å². The smallest absolute Gasteiger partial charge is 0.276 e. The van der Waals surface area contributed by atoms with E-state index in [1.165, 1.54) is 10.9 Å². The van der Waals surface area contributed by atoms with Crippen LogP contribution in [0, 0.1) is 13.8 Å². The predicted molar refractivity (Wildman–Crippen MR) is 116 cm³/mol. The van der Waals surface area contributed by atoms with Crippen LogP contribution in [0.3, 0.4) is 0 Å². The molecule has 2 aliphatic rings. The Morgan fingerprint density at radius 3 is 2.81 bits per heavy atom. The lowest BCUT2D eigenvalue weighted by atomic mass is 9.84. The lowest BCUT2D eigenvalue weighted by Crippen LogP contribution is -2.38. The molecular formula is C23H26F2N4O2S. The van der Waals surface area contributed by atoms with Gasteiger partial charge >= 0.3 is 0 Å². The number of hydrogen-bond acceptors (Lipinski definition) is 5. The van der Waals surface area contributed by atoms with Gasteiger partial charge < -0.3 is 9.42 Å². The Labute approximate surface area is 189 Å². The highest BCUT2D eigenvalue weighted by atomic mass is 32.1. The van der Waals surface area contributed by atoms with Crippen LogP contribution in [-0.4, -0.2) is 44.6 Å². The van der Waals surface area contributed by atoms with Crippen LogP contribution in [0.2, 0.25) is 0 Å². The Hall–Kier alpha value is -2.55. The number of aryl methyl sites for hydroxylation is 2. The molecule has 32 heavy (non-hydrogen) atoms.